The van der Waals surface area contributed by atoms with Crippen LogP contribution in [0.5, 0.6) is 0 Å². The molecule has 1 fully saturated rings. The maximum absolute atomic E-state index is 13.9. The Morgan fingerprint density at radius 1 is 1.15 bits per heavy atom. The fourth-order valence-electron chi connectivity index (χ4n) is 3.15. The van der Waals surface area contributed by atoms with Crippen molar-refractivity contribution in [3.8, 4) is 0 Å². The van der Waals surface area contributed by atoms with E-state index in [1.54, 1.807) is 28.0 Å². The Labute approximate surface area is 163 Å². The lowest BCUT2D eigenvalue weighted by molar-refractivity contribution is 0.0742. The average molecular weight is 405 g/mol. The largest absolute Gasteiger partial charge is 0.345 e. The van der Waals surface area contributed by atoms with Gasteiger partial charge in [0, 0.05) is 37.1 Å². The van der Waals surface area contributed by atoms with Gasteiger partial charge in [-0.25, -0.2) is 13.8 Å². The van der Waals surface area contributed by atoms with Gasteiger partial charge in [0.05, 0.1) is 15.8 Å². The Balaban J connectivity index is 1.48. The molecule has 0 atom stereocenters. The van der Waals surface area contributed by atoms with Crippen molar-refractivity contribution in [3.05, 3.63) is 53.6 Å². The maximum Gasteiger partial charge on any atom is 0.256 e. The SMILES string of the molecule is CSc1cccc2sc(N3CCN(C(=O)c4ccc(F)cc4F)CC3)nc12. The van der Waals surface area contributed by atoms with Gasteiger partial charge in [-0.1, -0.05) is 17.4 Å². The molecule has 0 unspecified atom stereocenters. The number of benzene rings is 2. The number of carbonyl (C=O) groups is 1. The molecule has 1 amide bonds. The topological polar surface area (TPSA) is 36.4 Å². The number of nitrogens with zero attached hydrogens (tertiary/aromatic N) is 3. The van der Waals surface area contributed by atoms with Crippen LogP contribution in [0.25, 0.3) is 10.2 Å². The van der Waals surface area contributed by atoms with Gasteiger partial charge in [0.25, 0.3) is 5.91 Å². The van der Waals surface area contributed by atoms with E-state index in [0.29, 0.717) is 26.2 Å². The maximum atomic E-state index is 13.9. The van der Waals surface area contributed by atoms with Crippen molar-refractivity contribution < 1.29 is 13.6 Å². The highest BCUT2D eigenvalue weighted by atomic mass is 32.2. The summed E-state index contributed by atoms with van der Waals surface area (Å²) in [4.78, 5) is 22.2. The zero-order valence-corrected chi connectivity index (χ0v) is 16.2. The number of hydrogen-bond acceptors (Lipinski definition) is 5. The molecule has 0 aliphatic carbocycles. The summed E-state index contributed by atoms with van der Waals surface area (Å²) in [7, 11) is 0. The molecule has 2 heterocycles. The molecule has 140 valence electrons. The first-order chi connectivity index (χ1) is 13.1. The fourth-order valence-corrected chi connectivity index (χ4v) is 4.82. The van der Waals surface area contributed by atoms with Crippen LogP contribution in [0.3, 0.4) is 0 Å². The van der Waals surface area contributed by atoms with E-state index in [1.165, 1.54) is 6.07 Å². The second-order valence-corrected chi connectivity index (χ2v) is 8.06. The summed E-state index contributed by atoms with van der Waals surface area (Å²) < 4.78 is 28.1. The van der Waals surface area contributed by atoms with Gasteiger partial charge in [-0.05, 0) is 30.5 Å². The van der Waals surface area contributed by atoms with Gasteiger partial charge in [-0.2, -0.15) is 0 Å². The predicted octanol–water partition coefficient (Wildman–Crippen LogP) is 4.26. The predicted molar refractivity (Wildman–Crippen MR) is 106 cm³/mol. The van der Waals surface area contributed by atoms with E-state index in [9.17, 15) is 13.6 Å². The van der Waals surface area contributed by atoms with Crippen LogP contribution in [0.2, 0.25) is 0 Å². The lowest BCUT2D eigenvalue weighted by Gasteiger charge is -2.34. The van der Waals surface area contributed by atoms with Gasteiger partial charge in [0.15, 0.2) is 5.13 Å². The second kappa shape index (κ2) is 7.44. The molecule has 0 bridgehead atoms. The molecule has 1 aliphatic rings. The Hall–Kier alpha value is -2.19. The Kier molecular flexibility index (Phi) is 5.01. The molecular formula is C19H17F2N3OS2. The number of anilines is 1. The lowest BCUT2D eigenvalue weighted by atomic mass is 10.1. The summed E-state index contributed by atoms with van der Waals surface area (Å²) >= 11 is 3.31. The van der Waals surface area contributed by atoms with Crippen LogP contribution in [0.1, 0.15) is 10.4 Å². The van der Waals surface area contributed by atoms with E-state index >= 15 is 0 Å². The number of halogens is 2. The highest BCUT2D eigenvalue weighted by Gasteiger charge is 2.26. The third-order valence-corrected chi connectivity index (χ3v) is 6.44. The van der Waals surface area contributed by atoms with Crippen molar-refractivity contribution in [2.24, 2.45) is 0 Å². The third kappa shape index (κ3) is 3.51. The third-order valence-electron chi connectivity index (χ3n) is 4.59. The second-order valence-electron chi connectivity index (χ2n) is 6.21. The van der Waals surface area contributed by atoms with Gasteiger partial charge in [-0.3, -0.25) is 4.79 Å². The minimum Gasteiger partial charge on any atom is -0.345 e. The minimum atomic E-state index is -0.821. The summed E-state index contributed by atoms with van der Waals surface area (Å²) in [5.74, 6) is -1.91. The fraction of sp³-hybridized carbons (Fsp3) is 0.263. The number of thiazole rings is 1. The van der Waals surface area contributed by atoms with E-state index in [-0.39, 0.29) is 5.56 Å². The first kappa shape index (κ1) is 18.2. The smallest absolute Gasteiger partial charge is 0.256 e. The van der Waals surface area contributed by atoms with Crippen LogP contribution < -0.4 is 4.90 Å². The van der Waals surface area contributed by atoms with E-state index < -0.39 is 17.5 Å². The number of thioether (sulfide) groups is 1. The van der Waals surface area contributed by atoms with Gasteiger partial charge in [0.1, 0.15) is 11.6 Å². The molecule has 4 nitrogen and oxygen atoms in total. The summed E-state index contributed by atoms with van der Waals surface area (Å²) in [6.45, 7) is 2.20. The van der Waals surface area contributed by atoms with E-state index in [4.69, 9.17) is 4.98 Å². The number of fused-ring (bicyclic) bond motifs is 1. The standard InChI is InChI=1S/C19H17F2N3OS2/c1-26-15-3-2-4-16-17(15)22-19(27-16)24-9-7-23(8-10-24)18(25)13-6-5-12(20)11-14(13)21/h2-6,11H,7-10H2,1H3. The number of carbonyl (C=O) groups excluding carboxylic acids is 1. The van der Waals surface area contributed by atoms with Crippen molar-refractivity contribution in [2.75, 3.05) is 37.3 Å². The van der Waals surface area contributed by atoms with E-state index in [2.05, 4.69) is 17.0 Å². The molecule has 1 aromatic heterocycles. The van der Waals surface area contributed by atoms with Gasteiger partial charge in [-0.15, -0.1) is 11.8 Å². The van der Waals surface area contributed by atoms with Crippen molar-refractivity contribution in [3.63, 3.8) is 0 Å². The van der Waals surface area contributed by atoms with Crippen LogP contribution in [0.15, 0.2) is 41.3 Å². The molecule has 27 heavy (non-hydrogen) atoms. The molecule has 4 rings (SSSR count). The Bertz CT molecular complexity index is 1000. The van der Waals surface area contributed by atoms with Crippen molar-refractivity contribution in [1.82, 2.24) is 9.88 Å². The summed E-state index contributed by atoms with van der Waals surface area (Å²) in [6, 6.07) is 9.21. The van der Waals surface area contributed by atoms with Crippen LogP contribution in [-0.4, -0.2) is 48.2 Å². The average Bonchev–Trinajstić information content (AvgIpc) is 3.12. The summed E-state index contributed by atoms with van der Waals surface area (Å²) in [6.07, 6.45) is 2.03. The van der Waals surface area contributed by atoms with Gasteiger partial charge in [0.2, 0.25) is 0 Å². The van der Waals surface area contributed by atoms with Crippen LogP contribution in [0, 0.1) is 11.6 Å². The zero-order valence-electron chi connectivity index (χ0n) is 14.6. The zero-order chi connectivity index (χ0) is 19.0. The summed E-state index contributed by atoms with van der Waals surface area (Å²) in [5, 5.41) is 0.937. The number of hydrogen-bond donors (Lipinski definition) is 0. The molecule has 0 N–H and O–H groups in total. The first-order valence-electron chi connectivity index (χ1n) is 8.49. The van der Waals surface area contributed by atoms with E-state index in [0.717, 1.165) is 32.4 Å². The first-order valence-corrected chi connectivity index (χ1v) is 10.5. The number of piperazine rings is 1. The van der Waals surface area contributed by atoms with E-state index in [1.807, 2.05) is 12.3 Å². The van der Waals surface area contributed by atoms with Crippen LogP contribution in [0.4, 0.5) is 13.9 Å². The Morgan fingerprint density at radius 2 is 1.93 bits per heavy atom. The molecule has 3 aromatic rings. The van der Waals surface area contributed by atoms with Crippen molar-refractivity contribution >= 4 is 44.4 Å². The number of amides is 1. The molecule has 0 spiro atoms. The normalized spacial score (nSPS) is 14.8. The number of aromatic nitrogens is 1. The Morgan fingerprint density at radius 3 is 2.63 bits per heavy atom. The van der Waals surface area contributed by atoms with Crippen LogP contribution in [-0.2, 0) is 0 Å². The van der Waals surface area contributed by atoms with Gasteiger partial charge < -0.3 is 9.80 Å². The number of para-hydroxylation sites is 1. The highest BCUT2D eigenvalue weighted by molar-refractivity contribution is 7.98. The molecule has 1 saturated heterocycles. The molecular weight excluding hydrogens is 388 g/mol. The van der Waals surface area contributed by atoms with Crippen molar-refractivity contribution in [1.29, 1.82) is 0 Å². The molecule has 1 aliphatic heterocycles. The molecule has 0 saturated carbocycles. The number of rotatable bonds is 3. The summed E-state index contributed by atoms with van der Waals surface area (Å²) in [5.41, 5.74) is 0.923. The van der Waals surface area contributed by atoms with Crippen LogP contribution >= 0.6 is 23.1 Å². The highest BCUT2D eigenvalue weighted by Crippen LogP contribution is 2.34. The molecule has 8 heteroatoms. The van der Waals surface area contributed by atoms with Crippen molar-refractivity contribution in [2.45, 2.75) is 4.90 Å². The molecule has 2 aromatic carbocycles. The lowest BCUT2D eigenvalue weighted by Crippen LogP contribution is -2.49. The quantitative estimate of drug-likeness (QED) is 0.610. The van der Waals surface area contributed by atoms with Gasteiger partial charge >= 0.3 is 0 Å². The minimum absolute atomic E-state index is 0.0885. The molecule has 0 radical (unpaired) electrons. The monoisotopic (exact) mass is 405 g/mol.